The Bertz CT molecular complexity index is 51.1. The van der Waals surface area contributed by atoms with Crippen molar-refractivity contribution in [2.45, 2.75) is 6.92 Å². The molecular weight excluding hydrogens is 143 g/mol. The van der Waals surface area contributed by atoms with Gasteiger partial charge >= 0.3 is 29.6 Å². The fourth-order valence-corrected chi connectivity index (χ4v) is 0.429. The molecule has 58 valence electrons. The second-order valence-electron chi connectivity index (χ2n) is 1.53. The van der Waals surface area contributed by atoms with Gasteiger partial charge in [0, 0.05) is 6.61 Å². The molecule has 0 aromatic carbocycles. The Labute approximate surface area is 85.5 Å². The van der Waals surface area contributed by atoms with Crippen LogP contribution in [0, 0.1) is 0 Å². The van der Waals surface area contributed by atoms with E-state index in [1.165, 1.54) is 0 Å². The number of aliphatic hydroxyl groups excluding tert-OH is 1. The predicted molar refractivity (Wildman–Crippen MR) is 35.5 cm³/mol. The van der Waals surface area contributed by atoms with Crippen molar-refractivity contribution < 1.29 is 45.6 Å². The molecule has 1 N–H and O–H groups in total. The van der Waals surface area contributed by atoms with Gasteiger partial charge in [-0.2, -0.15) is 0 Å². The van der Waals surface area contributed by atoms with E-state index in [4.69, 9.17) is 14.6 Å². The first-order valence-electron chi connectivity index (χ1n) is 3.18. The smallest absolute Gasteiger partial charge is 1.00 e. The van der Waals surface area contributed by atoms with Gasteiger partial charge < -0.3 is 16.0 Å². The van der Waals surface area contributed by atoms with Gasteiger partial charge in [-0.25, -0.2) is 0 Å². The van der Waals surface area contributed by atoms with E-state index in [-0.39, 0.29) is 37.6 Å². The second kappa shape index (κ2) is 12.5. The van der Waals surface area contributed by atoms with Gasteiger partial charge in [0.1, 0.15) is 0 Å². The van der Waals surface area contributed by atoms with E-state index < -0.39 is 0 Å². The Balaban J connectivity index is -0.000000320. The molecule has 0 rings (SSSR count). The molecule has 0 spiro atoms. The second-order valence-corrected chi connectivity index (χ2v) is 1.53. The minimum Gasteiger partial charge on any atom is -1.00 e. The van der Waals surface area contributed by atoms with Gasteiger partial charge in [-0.1, -0.05) is 0 Å². The molecule has 0 bridgehead atoms. The molecule has 0 aliphatic heterocycles. The van der Waals surface area contributed by atoms with Crippen LogP contribution in [0.3, 0.4) is 0 Å². The van der Waals surface area contributed by atoms with Crippen LogP contribution in [0.15, 0.2) is 0 Å². The van der Waals surface area contributed by atoms with E-state index in [1.54, 1.807) is 0 Å². The molecule has 0 aromatic rings. The summed E-state index contributed by atoms with van der Waals surface area (Å²) in [6, 6.07) is 0. The molecule has 0 radical (unpaired) electrons. The summed E-state index contributed by atoms with van der Waals surface area (Å²) in [6.07, 6.45) is 0. The number of rotatable bonds is 6. The number of ether oxygens (including phenoxy) is 2. The largest absolute Gasteiger partial charge is 1.00 e. The van der Waals surface area contributed by atoms with Crippen LogP contribution in [0.1, 0.15) is 8.35 Å². The zero-order chi connectivity index (χ0) is 6.95. The third-order valence-corrected chi connectivity index (χ3v) is 0.812. The molecule has 0 aromatic heterocycles. The minimum absolute atomic E-state index is 0. The van der Waals surface area contributed by atoms with E-state index in [2.05, 4.69) is 0 Å². The predicted octanol–water partition coefficient (Wildman–Crippen LogP) is -2.85. The molecule has 0 fully saturated rings. The molecule has 4 heteroatoms. The molecule has 0 amide bonds. The Kier molecular flexibility index (Phi) is 16.9. The van der Waals surface area contributed by atoms with Crippen LogP contribution in [0.4, 0.5) is 0 Å². The first-order chi connectivity index (χ1) is 4.41. The van der Waals surface area contributed by atoms with Gasteiger partial charge in [0.2, 0.25) is 0 Å². The molecule has 0 saturated carbocycles. The van der Waals surface area contributed by atoms with Crippen LogP contribution in [0.2, 0.25) is 0 Å². The molecule has 10 heavy (non-hydrogen) atoms. The molecule has 0 aliphatic carbocycles. The zero-order valence-corrected chi connectivity index (χ0v) is 8.80. The van der Waals surface area contributed by atoms with E-state index in [1.807, 2.05) is 6.92 Å². The minimum atomic E-state index is 0. The normalized spacial score (nSPS) is 9.00. The fourth-order valence-electron chi connectivity index (χ4n) is 0.429. The topological polar surface area (TPSA) is 38.7 Å². The molecular formula is C6H15NaO3. The summed E-state index contributed by atoms with van der Waals surface area (Å²) in [7, 11) is 0. The third-order valence-electron chi connectivity index (χ3n) is 0.812. The van der Waals surface area contributed by atoms with Crippen LogP contribution in [0.25, 0.3) is 0 Å². The summed E-state index contributed by atoms with van der Waals surface area (Å²) >= 11 is 0. The van der Waals surface area contributed by atoms with Gasteiger partial charge in [0.15, 0.2) is 0 Å². The maximum atomic E-state index is 8.26. The standard InChI is InChI=1S/C6H14O3.Na.H/c1-2-8-5-6-9-4-3-7;;/h7H,2-6H2,1H3;;/q;+1;-1. The van der Waals surface area contributed by atoms with Crippen molar-refractivity contribution in [1.82, 2.24) is 0 Å². The first-order valence-corrected chi connectivity index (χ1v) is 3.18. The quantitative estimate of drug-likeness (QED) is 0.334. The summed E-state index contributed by atoms with van der Waals surface area (Å²) in [5.74, 6) is 0. The van der Waals surface area contributed by atoms with Gasteiger partial charge in [0.25, 0.3) is 0 Å². The van der Waals surface area contributed by atoms with Crippen LogP contribution >= 0.6 is 0 Å². The van der Waals surface area contributed by atoms with Crippen LogP contribution in [-0.4, -0.2) is 38.1 Å². The Morgan fingerprint density at radius 2 is 1.80 bits per heavy atom. The Hall–Kier alpha value is 0.880. The maximum Gasteiger partial charge on any atom is 1.00 e. The van der Waals surface area contributed by atoms with Crippen molar-refractivity contribution in [1.29, 1.82) is 0 Å². The van der Waals surface area contributed by atoms with Crippen LogP contribution in [0.5, 0.6) is 0 Å². The van der Waals surface area contributed by atoms with Crippen molar-refractivity contribution in [3.8, 4) is 0 Å². The fraction of sp³-hybridized carbons (Fsp3) is 1.00. The molecule has 0 saturated heterocycles. The maximum absolute atomic E-state index is 8.26. The van der Waals surface area contributed by atoms with E-state index in [0.29, 0.717) is 19.8 Å². The van der Waals surface area contributed by atoms with Crippen molar-refractivity contribution in [2.75, 3.05) is 33.0 Å². The zero-order valence-electron chi connectivity index (χ0n) is 7.80. The summed E-state index contributed by atoms with van der Waals surface area (Å²) < 4.78 is 9.88. The monoisotopic (exact) mass is 158 g/mol. The van der Waals surface area contributed by atoms with Gasteiger partial charge in [0.05, 0.1) is 26.4 Å². The Morgan fingerprint density at radius 3 is 2.30 bits per heavy atom. The summed E-state index contributed by atoms with van der Waals surface area (Å²) in [5.41, 5.74) is 0. The van der Waals surface area contributed by atoms with Crippen LogP contribution < -0.4 is 29.6 Å². The van der Waals surface area contributed by atoms with E-state index in [9.17, 15) is 0 Å². The SMILES string of the molecule is CCOCCOCCO.[H-].[Na+]. The third kappa shape index (κ3) is 11.6. The number of hydrogen-bond acceptors (Lipinski definition) is 3. The van der Waals surface area contributed by atoms with Gasteiger partial charge in [-0.15, -0.1) is 0 Å². The number of hydrogen-bond donors (Lipinski definition) is 1. The summed E-state index contributed by atoms with van der Waals surface area (Å²) in [6.45, 7) is 4.36. The summed E-state index contributed by atoms with van der Waals surface area (Å²) in [4.78, 5) is 0. The van der Waals surface area contributed by atoms with E-state index >= 15 is 0 Å². The van der Waals surface area contributed by atoms with Crippen molar-refractivity contribution in [3.63, 3.8) is 0 Å². The average Bonchev–Trinajstić information content (AvgIpc) is 1.89. The van der Waals surface area contributed by atoms with Crippen molar-refractivity contribution >= 4 is 0 Å². The van der Waals surface area contributed by atoms with Gasteiger partial charge in [-0.3, -0.25) is 0 Å². The summed E-state index contributed by atoms with van der Waals surface area (Å²) in [5, 5.41) is 8.26. The molecule has 3 nitrogen and oxygen atoms in total. The molecule has 0 aliphatic rings. The molecule has 0 unspecified atom stereocenters. The first kappa shape index (κ1) is 13.5. The Morgan fingerprint density at radius 1 is 1.20 bits per heavy atom. The van der Waals surface area contributed by atoms with Gasteiger partial charge in [-0.05, 0) is 6.92 Å². The van der Waals surface area contributed by atoms with E-state index in [0.717, 1.165) is 6.61 Å². The van der Waals surface area contributed by atoms with Crippen molar-refractivity contribution in [3.05, 3.63) is 0 Å². The number of aliphatic hydroxyl groups is 1. The average molecular weight is 158 g/mol. The van der Waals surface area contributed by atoms with Crippen molar-refractivity contribution in [2.24, 2.45) is 0 Å². The molecule has 0 heterocycles. The van der Waals surface area contributed by atoms with Crippen LogP contribution in [-0.2, 0) is 9.47 Å². The molecule has 0 atom stereocenters.